The number of benzene rings is 2. The number of hydrogen-bond donors (Lipinski definition) is 0. The second-order valence-corrected chi connectivity index (χ2v) is 4.42. The minimum Gasteiger partial charge on any atom is -0.494 e. The molecule has 2 aromatic carbocycles. The van der Waals surface area contributed by atoms with E-state index in [9.17, 15) is 22.0 Å². The summed E-state index contributed by atoms with van der Waals surface area (Å²) >= 11 is 0. The number of hydrogen-bond acceptors (Lipinski definition) is 2. The minimum absolute atomic E-state index is 0.119. The molecule has 0 fully saturated rings. The zero-order chi connectivity index (χ0) is 16.4. The molecule has 0 aliphatic heterocycles. The smallest absolute Gasteiger partial charge is 0.205 e. The van der Waals surface area contributed by atoms with E-state index in [2.05, 4.69) is 4.74 Å². The molecule has 0 spiro atoms. The summed E-state index contributed by atoms with van der Waals surface area (Å²) in [4.78, 5) is 0. The lowest BCUT2D eigenvalue weighted by Gasteiger charge is -2.12. The Labute approximate surface area is 123 Å². The van der Waals surface area contributed by atoms with Crippen LogP contribution in [0.4, 0.5) is 22.0 Å². The fourth-order valence-corrected chi connectivity index (χ4v) is 2.12. The second-order valence-electron chi connectivity index (χ2n) is 4.42. The highest BCUT2D eigenvalue weighted by atomic mass is 19.2. The monoisotopic (exact) mass is 316 g/mol. The van der Waals surface area contributed by atoms with Crippen LogP contribution < -0.4 is 20.4 Å². The summed E-state index contributed by atoms with van der Waals surface area (Å²) in [5, 5.41) is 0. The molecule has 0 radical (unpaired) electrons. The Balaban J connectivity index is 2.57. The van der Waals surface area contributed by atoms with Gasteiger partial charge in [0.15, 0.2) is 23.2 Å². The predicted molar refractivity (Wildman–Crippen MR) is 72.2 cm³/mol. The fourth-order valence-electron chi connectivity index (χ4n) is 2.12. The standard InChI is InChI=1S/C14H10BF5O2/c1-21-13-7(3-6(16)4-9(13)18)15-11-8(17)5-10(19)14(22-2)12(11)20/h3-5,15H,1-2H3. The van der Waals surface area contributed by atoms with Gasteiger partial charge < -0.3 is 9.47 Å². The Kier molecular flexibility index (Phi) is 4.58. The van der Waals surface area contributed by atoms with E-state index in [0.29, 0.717) is 12.1 Å². The normalized spacial score (nSPS) is 10.5. The summed E-state index contributed by atoms with van der Waals surface area (Å²) in [6.45, 7) is 0. The molecule has 0 aliphatic rings. The molecule has 2 aromatic rings. The molecule has 0 unspecified atom stereocenters. The largest absolute Gasteiger partial charge is 0.494 e. The molecule has 8 heteroatoms. The van der Waals surface area contributed by atoms with Crippen molar-refractivity contribution in [1.82, 2.24) is 0 Å². The summed E-state index contributed by atoms with van der Waals surface area (Å²) in [5.41, 5.74) is -0.701. The second kappa shape index (κ2) is 6.25. The van der Waals surface area contributed by atoms with Gasteiger partial charge >= 0.3 is 0 Å². The lowest BCUT2D eigenvalue weighted by molar-refractivity contribution is 0.358. The van der Waals surface area contributed by atoms with E-state index in [4.69, 9.17) is 4.74 Å². The third-order valence-electron chi connectivity index (χ3n) is 3.08. The molecule has 2 nitrogen and oxygen atoms in total. The number of rotatable bonds is 4. The van der Waals surface area contributed by atoms with Crippen LogP contribution >= 0.6 is 0 Å². The van der Waals surface area contributed by atoms with Gasteiger partial charge in [0, 0.05) is 12.1 Å². The Morgan fingerprint density at radius 1 is 0.773 bits per heavy atom. The third kappa shape index (κ3) is 2.86. The molecule has 0 saturated heterocycles. The highest BCUT2D eigenvalue weighted by Gasteiger charge is 2.23. The highest BCUT2D eigenvalue weighted by molar-refractivity contribution is 6.68. The zero-order valence-electron chi connectivity index (χ0n) is 11.6. The van der Waals surface area contributed by atoms with E-state index in [1.165, 1.54) is 0 Å². The number of halogens is 5. The van der Waals surface area contributed by atoms with Gasteiger partial charge in [0.05, 0.1) is 14.2 Å². The Hall–Kier alpha value is -2.25. The molecule has 0 bridgehead atoms. The van der Waals surface area contributed by atoms with Gasteiger partial charge in [-0.25, -0.2) is 22.0 Å². The van der Waals surface area contributed by atoms with Crippen LogP contribution in [0.25, 0.3) is 0 Å². The van der Waals surface area contributed by atoms with Crippen molar-refractivity contribution < 1.29 is 31.4 Å². The summed E-state index contributed by atoms with van der Waals surface area (Å²) in [5.74, 6) is -6.72. The first-order valence-corrected chi connectivity index (χ1v) is 6.11. The molecule has 2 rings (SSSR count). The summed E-state index contributed by atoms with van der Waals surface area (Å²) < 4.78 is 77.4. The van der Waals surface area contributed by atoms with Crippen molar-refractivity contribution in [3.8, 4) is 11.5 Å². The van der Waals surface area contributed by atoms with Gasteiger partial charge in [-0.05, 0) is 17.0 Å². The average Bonchev–Trinajstić information content (AvgIpc) is 2.43. The van der Waals surface area contributed by atoms with Crippen LogP contribution in [0.1, 0.15) is 0 Å². The van der Waals surface area contributed by atoms with E-state index in [0.717, 1.165) is 20.3 Å². The van der Waals surface area contributed by atoms with Gasteiger partial charge in [0.2, 0.25) is 7.28 Å². The van der Waals surface area contributed by atoms with Gasteiger partial charge in [0.1, 0.15) is 17.4 Å². The first kappa shape index (κ1) is 16.1. The Morgan fingerprint density at radius 3 is 1.95 bits per heavy atom. The SMILES string of the molecule is COc1c(F)cc(F)cc1Bc1c(F)cc(F)c(OC)c1F. The van der Waals surface area contributed by atoms with Crippen molar-refractivity contribution in [2.45, 2.75) is 0 Å². The summed E-state index contributed by atoms with van der Waals surface area (Å²) in [7, 11) is 1.62. The first-order chi connectivity index (χ1) is 10.4. The van der Waals surface area contributed by atoms with Gasteiger partial charge in [-0.3, -0.25) is 0 Å². The van der Waals surface area contributed by atoms with Crippen LogP contribution in [0.5, 0.6) is 11.5 Å². The van der Waals surface area contributed by atoms with Crippen LogP contribution in [-0.4, -0.2) is 21.5 Å². The topological polar surface area (TPSA) is 18.5 Å². The molecule has 0 aromatic heterocycles. The summed E-state index contributed by atoms with van der Waals surface area (Å²) in [6, 6.07) is 1.91. The van der Waals surface area contributed by atoms with Gasteiger partial charge in [-0.15, -0.1) is 0 Å². The zero-order valence-corrected chi connectivity index (χ0v) is 11.6. The minimum atomic E-state index is -1.27. The molecule has 0 amide bonds. The van der Waals surface area contributed by atoms with Crippen molar-refractivity contribution in [2.24, 2.45) is 0 Å². The Morgan fingerprint density at radius 2 is 1.36 bits per heavy atom. The van der Waals surface area contributed by atoms with E-state index in [1.54, 1.807) is 0 Å². The molecule has 0 atom stereocenters. The van der Waals surface area contributed by atoms with Gasteiger partial charge in [-0.1, -0.05) is 0 Å². The first-order valence-electron chi connectivity index (χ1n) is 6.11. The average molecular weight is 316 g/mol. The van der Waals surface area contributed by atoms with Crippen LogP contribution in [0.3, 0.4) is 0 Å². The van der Waals surface area contributed by atoms with Crippen LogP contribution in [-0.2, 0) is 0 Å². The Bertz CT molecular complexity index is 721. The van der Waals surface area contributed by atoms with E-state index < -0.39 is 47.6 Å². The maximum Gasteiger partial charge on any atom is 0.205 e. The predicted octanol–water partition coefficient (Wildman–Crippen LogP) is 1.79. The highest BCUT2D eigenvalue weighted by Crippen LogP contribution is 2.21. The number of methoxy groups -OCH3 is 2. The van der Waals surface area contributed by atoms with Crippen LogP contribution in [0, 0.1) is 29.1 Å². The molecule has 0 saturated carbocycles. The van der Waals surface area contributed by atoms with Gasteiger partial charge in [0.25, 0.3) is 0 Å². The lowest BCUT2D eigenvalue weighted by atomic mass is 9.63. The molecule has 0 aliphatic carbocycles. The van der Waals surface area contributed by atoms with E-state index in [-0.39, 0.29) is 11.2 Å². The van der Waals surface area contributed by atoms with Gasteiger partial charge in [-0.2, -0.15) is 0 Å². The molecular weight excluding hydrogens is 306 g/mol. The fraction of sp³-hybridized carbons (Fsp3) is 0.143. The van der Waals surface area contributed by atoms with Crippen molar-refractivity contribution in [3.63, 3.8) is 0 Å². The maximum absolute atomic E-state index is 14.1. The molecule has 116 valence electrons. The van der Waals surface area contributed by atoms with Crippen molar-refractivity contribution in [2.75, 3.05) is 14.2 Å². The van der Waals surface area contributed by atoms with E-state index in [1.807, 2.05) is 0 Å². The van der Waals surface area contributed by atoms with Crippen LogP contribution in [0.2, 0.25) is 0 Å². The lowest BCUT2D eigenvalue weighted by Crippen LogP contribution is -2.34. The van der Waals surface area contributed by atoms with Crippen molar-refractivity contribution >= 4 is 18.2 Å². The number of ether oxygens (including phenoxy) is 2. The maximum atomic E-state index is 14.1. The molecular formula is C14H10BF5O2. The van der Waals surface area contributed by atoms with Crippen molar-refractivity contribution in [1.29, 1.82) is 0 Å². The van der Waals surface area contributed by atoms with E-state index >= 15 is 0 Å². The third-order valence-corrected chi connectivity index (χ3v) is 3.08. The molecule has 0 heterocycles. The summed E-state index contributed by atoms with van der Waals surface area (Å²) in [6.07, 6.45) is 0. The molecule has 22 heavy (non-hydrogen) atoms. The van der Waals surface area contributed by atoms with Crippen LogP contribution in [0.15, 0.2) is 18.2 Å². The quantitative estimate of drug-likeness (QED) is 0.632. The van der Waals surface area contributed by atoms with Crippen molar-refractivity contribution in [3.05, 3.63) is 47.3 Å². The molecule has 0 N–H and O–H groups in total.